The molecule has 0 radical (unpaired) electrons. The highest BCUT2D eigenvalue weighted by Crippen LogP contribution is 2.34. The Hall–Kier alpha value is -2.51. The Bertz CT molecular complexity index is 916. The fourth-order valence-electron chi connectivity index (χ4n) is 2.37. The summed E-state index contributed by atoms with van der Waals surface area (Å²) < 4.78 is 18.8. The standard InChI is InChI=1S/C19H17ClFNO4S/c1-4-26-19(25)16-10(2)17(11(3)23)27-18(16)22-15(24)9-8-12-13(20)6-5-7-14(12)21/h5-9H,4H2,1-3H3,(H,22,24). The van der Waals surface area contributed by atoms with Crippen LogP contribution < -0.4 is 5.32 Å². The third kappa shape index (κ3) is 4.81. The van der Waals surface area contributed by atoms with Crippen molar-refractivity contribution in [3.8, 4) is 0 Å². The molecule has 0 spiro atoms. The van der Waals surface area contributed by atoms with E-state index in [4.69, 9.17) is 16.3 Å². The van der Waals surface area contributed by atoms with E-state index in [-0.39, 0.29) is 33.5 Å². The van der Waals surface area contributed by atoms with E-state index in [0.717, 1.165) is 17.4 Å². The van der Waals surface area contributed by atoms with Crippen LogP contribution in [0.4, 0.5) is 9.39 Å². The summed E-state index contributed by atoms with van der Waals surface area (Å²) in [6, 6.07) is 4.19. The van der Waals surface area contributed by atoms with Crippen molar-refractivity contribution < 1.29 is 23.5 Å². The summed E-state index contributed by atoms with van der Waals surface area (Å²) in [5.41, 5.74) is 0.659. The van der Waals surface area contributed by atoms with Gasteiger partial charge < -0.3 is 10.1 Å². The van der Waals surface area contributed by atoms with Gasteiger partial charge in [0.2, 0.25) is 5.91 Å². The number of carbonyl (C=O) groups is 3. The number of hydrogen-bond donors (Lipinski definition) is 1. The molecule has 1 aromatic carbocycles. The lowest BCUT2D eigenvalue weighted by Crippen LogP contribution is -2.12. The lowest BCUT2D eigenvalue weighted by atomic mass is 10.1. The van der Waals surface area contributed by atoms with Crippen molar-refractivity contribution in [2.75, 3.05) is 11.9 Å². The van der Waals surface area contributed by atoms with E-state index in [0.29, 0.717) is 10.4 Å². The molecule has 27 heavy (non-hydrogen) atoms. The van der Waals surface area contributed by atoms with E-state index in [9.17, 15) is 18.8 Å². The van der Waals surface area contributed by atoms with E-state index in [1.165, 1.54) is 31.2 Å². The molecule has 0 aliphatic rings. The molecule has 0 unspecified atom stereocenters. The second-order valence-electron chi connectivity index (χ2n) is 5.49. The SMILES string of the molecule is CCOC(=O)c1c(NC(=O)C=Cc2c(F)cccc2Cl)sc(C(C)=O)c1C. The van der Waals surface area contributed by atoms with Crippen LogP contribution in [0.2, 0.25) is 5.02 Å². The largest absolute Gasteiger partial charge is 0.462 e. The van der Waals surface area contributed by atoms with Gasteiger partial charge in [0.1, 0.15) is 10.8 Å². The fraction of sp³-hybridized carbons (Fsp3) is 0.211. The molecule has 0 aliphatic carbocycles. The molecular weight excluding hydrogens is 393 g/mol. The highest BCUT2D eigenvalue weighted by Gasteiger charge is 2.24. The molecular formula is C19H17ClFNO4S. The Morgan fingerprint density at radius 2 is 2.04 bits per heavy atom. The van der Waals surface area contributed by atoms with Crippen molar-refractivity contribution in [2.24, 2.45) is 0 Å². The zero-order chi connectivity index (χ0) is 20.1. The maximum absolute atomic E-state index is 13.8. The maximum atomic E-state index is 13.8. The molecule has 1 N–H and O–H groups in total. The van der Waals surface area contributed by atoms with Crippen LogP contribution in [-0.2, 0) is 9.53 Å². The first kappa shape index (κ1) is 20.8. The number of rotatable bonds is 6. The minimum Gasteiger partial charge on any atom is -0.462 e. The molecule has 0 atom stereocenters. The van der Waals surface area contributed by atoms with Crippen LogP contribution in [0.3, 0.4) is 0 Å². The van der Waals surface area contributed by atoms with Crippen LogP contribution in [0.1, 0.15) is 45.0 Å². The molecule has 0 fully saturated rings. The Morgan fingerprint density at radius 1 is 1.33 bits per heavy atom. The quantitative estimate of drug-likeness (QED) is 0.419. The minimum atomic E-state index is -0.629. The first-order valence-corrected chi connectivity index (χ1v) is 9.20. The molecule has 5 nitrogen and oxygen atoms in total. The Morgan fingerprint density at radius 3 is 2.63 bits per heavy atom. The number of benzene rings is 1. The van der Waals surface area contributed by atoms with Crippen molar-refractivity contribution in [1.29, 1.82) is 0 Å². The van der Waals surface area contributed by atoms with Crippen LogP contribution in [0.25, 0.3) is 6.08 Å². The predicted octanol–water partition coefficient (Wildman–Crippen LogP) is 4.88. The number of ketones is 1. The van der Waals surface area contributed by atoms with Crippen molar-refractivity contribution in [1.82, 2.24) is 0 Å². The van der Waals surface area contributed by atoms with Gasteiger partial charge in [0.05, 0.1) is 22.1 Å². The van der Waals surface area contributed by atoms with Gasteiger partial charge in [0, 0.05) is 11.6 Å². The molecule has 0 aliphatic heterocycles. The lowest BCUT2D eigenvalue weighted by Gasteiger charge is -2.05. The third-order valence-electron chi connectivity index (χ3n) is 3.58. The van der Waals surface area contributed by atoms with Gasteiger partial charge in [-0.3, -0.25) is 9.59 Å². The Labute approximate surface area is 164 Å². The van der Waals surface area contributed by atoms with Gasteiger partial charge in [-0.1, -0.05) is 17.7 Å². The minimum absolute atomic E-state index is 0.0757. The highest BCUT2D eigenvalue weighted by molar-refractivity contribution is 7.18. The van der Waals surface area contributed by atoms with Crippen molar-refractivity contribution in [2.45, 2.75) is 20.8 Å². The molecule has 142 valence electrons. The van der Waals surface area contributed by atoms with Gasteiger partial charge in [-0.25, -0.2) is 9.18 Å². The average molecular weight is 410 g/mol. The number of thiophene rings is 1. The summed E-state index contributed by atoms with van der Waals surface area (Å²) >= 11 is 6.90. The highest BCUT2D eigenvalue weighted by atomic mass is 35.5. The molecule has 8 heteroatoms. The number of ether oxygens (including phenoxy) is 1. The monoisotopic (exact) mass is 409 g/mol. The number of halogens is 2. The summed E-state index contributed by atoms with van der Waals surface area (Å²) in [6.07, 6.45) is 2.34. The normalized spacial score (nSPS) is 10.9. The van der Waals surface area contributed by atoms with Crippen LogP contribution in [-0.4, -0.2) is 24.3 Å². The topological polar surface area (TPSA) is 72.5 Å². The maximum Gasteiger partial charge on any atom is 0.341 e. The number of anilines is 1. The van der Waals surface area contributed by atoms with E-state index in [1.807, 2.05) is 0 Å². The van der Waals surface area contributed by atoms with Crippen LogP contribution in [0.15, 0.2) is 24.3 Å². The van der Waals surface area contributed by atoms with Crippen LogP contribution in [0.5, 0.6) is 0 Å². The molecule has 2 rings (SSSR count). The van der Waals surface area contributed by atoms with Crippen LogP contribution in [0, 0.1) is 12.7 Å². The van der Waals surface area contributed by atoms with Gasteiger partial charge >= 0.3 is 5.97 Å². The first-order chi connectivity index (χ1) is 12.8. The summed E-state index contributed by atoms with van der Waals surface area (Å²) in [5, 5.41) is 2.91. The molecule has 1 heterocycles. The number of nitrogens with one attached hydrogen (secondary N) is 1. The van der Waals surface area contributed by atoms with Gasteiger partial charge in [-0.2, -0.15) is 0 Å². The van der Waals surface area contributed by atoms with Crippen LogP contribution >= 0.6 is 22.9 Å². The third-order valence-corrected chi connectivity index (χ3v) is 5.22. The predicted molar refractivity (Wildman–Crippen MR) is 104 cm³/mol. The smallest absolute Gasteiger partial charge is 0.341 e. The van der Waals surface area contributed by atoms with Gasteiger partial charge in [-0.05, 0) is 44.5 Å². The fourth-order valence-corrected chi connectivity index (χ4v) is 3.69. The summed E-state index contributed by atoms with van der Waals surface area (Å²) in [5.74, 6) is -2.02. The summed E-state index contributed by atoms with van der Waals surface area (Å²) in [4.78, 5) is 36.6. The van der Waals surface area contributed by atoms with E-state index < -0.39 is 17.7 Å². The van der Waals surface area contributed by atoms with Crippen molar-refractivity contribution in [3.05, 3.63) is 56.7 Å². The molecule has 0 saturated heterocycles. The number of amides is 1. The number of carbonyl (C=O) groups excluding carboxylic acids is 3. The second-order valence-corrected chi connectivity index (χ2v) is 6.92. The lowest BCUT2D eigenvalue weighted by molar-refractivity contribution is -0.111. The van der Waals surface area contributed by atoms with Crippen molar-refractivity contribution in [3.63, 3.8) is 0 Å². The molecule has 0 bridgehead atoms. The number of esters is 1. The van der Waals surface area contributed by atoms with Gasteiger partial charge in [0.25, 0.3) is 0 Å². The van der Waals surface area contributed by atoms with Crippen molar-refractivity contribution >= 4 is 51.7 Å². The first-order valence-electron chi connectivity index (χ1n) is 8.00. The van der Waals surface area contributed by atoms with E-state index in [1.54, 1.807) is 13.8 Å². The molecule has 2 aromatic rings. The summed E-state index contributed by atoms with van der Waals surface area (Å²) in [7, 11) is 0. The zero-order valence-corrected chi connectivity index (χ0v) is 16.5. The number of hydrogen-bond acceptors (Lipinski definition) is 5. The Balaban J connectivity index is 2.31. The average Bonchev–Trinajstić information content (AvgIpc) is 2.91. The molecule has 1 aromatic heterocycles. The van der Waals surface area contributed by atoms with E-state index in [2.05, 4.69) is 5.32 Å². The molecule has 0 saturated carbocycles. The van der Waals surface area contributed by atoms with Gasteiger partial charge in [0.15, 0.2) is 5.78 Å². The summed E-state index contributed by atoms with van der Waals surface area (Å²) in [6.45, 7) is 4.80. The second kappa shape index (κ2) is 8.92. The molecule has 1 amide bonds. The zero-order valence-electron chi connectivity index (χ0n) is 14.9. The van der Waals surface area contributed by atoms with Gasteiger partial charge in [-0.15, -0.1) is 11.3 Å². The number of Topliss-reactive ketones (excluding diaryl/α,β-unsaturated/α-hetero) is 1. The Kier molecular flexibility index (Phi) is 6.87. The van der Waals surface area contributed by atoms with E-state index >= 15 is 0 Å².